The summed E-state index contributed by atoms with van der Waals surface area (Å²) < 4.78 is 56.9. The molecule has 2 aromatic carbocycles. The van der Waals surface area contributed by atoms with Crippen LogP contribution in [0.15, 0.2) is 68.5 Å². The Morgan fingerprint density at radius 3 is 2.62 bits per heavy atom. The molecule has 32 heavy (non-hydrogen) atoms. The molecule has 1 amide bonds. The van der Waals surface area contributed by atoms with E-state index >= 15 is 0 Å². The van der Waals surface area contributed by atoms with Crippen molar-refractivity contribution in [3.05, 3.63) is 59.2 Å². The number of thioether (sulfide) groups is 1. The molecule has 5 rings (SSSR count). The SMILES string of the molecule is O=C1/C(=C(/O)CS(=O)(=O)Nc2nc3ccccc3s2)S(=O)(=O)N=C2Sc3ccccc3N12. The van der Waals surface area contributed by atoms with Gasteiger partial charge in [-0.15, -0.1) is 4.40 Å². The quantitative estimate of drug-likeness (QED) is 0.404. The lowest BCUT2D eigenvalue weighted by molar-refractivity contribution is -0.113. The lowest BCUT2D eigenvalue weighted by Crippen LogP contribution is -2.41. The van der Waals surface area contributed by atoms with E-state index in [0.29, 0.717) is 16.1 Å². The van der Waals surface area contributed by atoms with Crippen molar-refractivity contribution in [3.8, 4) is 0 Å². The van der Waals surface area contributed by atoms with Crippen molar-refractivity contribution in [3.63, 3.8) is 0 Å². The van der Waals surface area contributed by atoms with Gasteiger partial charge in [0.25, 0.3) is 15.9 Å². The van der Waals surface area contributed by atoms with Crippen LogP contribution in [0.1, 0.15) is 0 Å². The molecule has 0 aliphatic carbocycles. The topological polar surface area (TPSA) is 146 Å². The molecule has 2 aliphatic rings. The Morgan fingerprint density at radius 2 is 1.84 bits per heavy atom. The van der Waals surface area contributed by atoms with Gasteiger partial charge in [-0.3, -0.25) is 14.4 Å². The summed E-state index contributed by atoms with van der Waals surface area (Å²) in [6, 6.07) is 13.7. The van der Waals surface area contributed by atoms with Crippen molar-refractivity contribution < 1.29 is 26.7 Å². The fourth-order valence-corrected chi connectivity index (χ4v) is 7.82. The third kappa shape index (κ3) is 3.54. The van der Waals surface area contributed by atoms with Gasteiger partial charge in [-0.05, 0) is 36.0 Å². The standard InChI is InChI=1S/C18H12N4O6S4/c23-12(9-31(25,26)20-17-19-10-5-1-3-7-13(10)29-17)15-16(24)22-11-6-2-4-8-14(11)30-18(22)21-32(15,27)28/h1-8,23H,9H2,(H,19,20)/b15-12-. The number of para-hydroxylation sites is 2. The van der Waals surface area contributed by atoms with Crippen LogP contribution in [0.3, 0.4) is 0 Å². The minimum atomic E-state index is -4.61. The molecular weight excluding hydrogens is 496 g/mol. The van der Waals surface area contributed by atoms with Gasteiger partial charge < -0.3 is 5.11 Å². The predicted octanol–water partition coefficient (Wildman–Crippen LogP) is 2.65. The zero-order valence-corrected chi connectivity index (χ0v) is 19.1. The van der Waals surface area contributed by atoms with E-state index in [0.717, 1.165) is 32.7 Å². The van der Waals surface area contributed by atoms with E-state index < -0.39 is 42.4 Å². The number of carbonyl (C=O) groups excluding carboxylic acids is 1. The highest BCUT2D eigenvalue weighted by Crippen LogP contribution is 2.44. The van der Waals surface area contributed by atoms with Crippen LogP contribution in [0.4, 0.5) is 10.8 Å². The number of aliphatic hydroxyl groups is 1. The zero-order valence-electron chi connectivity index (χ0n) is 15.8. The molecule has 1 aromatic heterocycles. The smallest absolute Gasteiger partial charge is 0.293 e. The molecule has 0 saturated heterocycles. The van der Waals surface area contributed by atoms with Crippen LogP contribution in [-0.2, 0) is 24.8 Å². The minimum Gasteiger partial charge on any atom is -0.509 e. The molecule has 3 heterocycles. The largest absolute Gasteiger partial charge is 0.509 e. The van der Waals surface area contributed by atoms with Gasteiger partial charge in [0.05, 0.1) is 15.9 Å². The Morgan fingerprint density at radius 1 is 1.12 bits per heavy atom. The third-order valence-corrected chi connectivity index (χ3v) is 9.19. The summed E-state index contributed by atoms with van der Waals surface area (Å²) in [5.41, 5.74) is 0.979. The maximum atomic E-state index is 13.0. The number of nitrogens with zero attached hydrogens (tertiary/aromatic N) is 3. The number of fused-ring (bicyclic) bond motifs is 4. The molecule has 0 bridgehead atoms. The van der Waals surface area contributed by atoms with Gasteiger partial charge in [0.15, 0.2) is 15.2 Å². The maximum absolute atomic E-state index is 13.0. The molecule has 164 valence electrons. The zero-order chi connectivity index (χ0) is 22.7. The number of nitrogens with one attached hydrogen (secondary N) is 1. The van der Waals surface area contributed by atoms with Gasteiger partial charge in [-0.2, -0.15) is 8.42 Å². The van der Waals surface area contributed by atoms with Crippen LogP contribution >= 0.6 is 23.1 Å². The highest BCUT2D eigenvalue weighted by Gasteiger charge is 2.45. The molecule has 0 unspecified atom stereocenters. The van der Waals surface area contributed by atoms with Gasteiger partial charge >= 0.3 is 0 Å². The lowest BCUT2D eigenvalue weighted by Gasteiger charge is -2.22. The second kappa shape index (κ2) is 7.30. The first-order valence-corrected chi connectivity index (χ1v) is 13.6. The first-order chi connectivity index (χ1) is 15.1. The van der Waals surface area contributed by atoms with Crippen LogP contribution in [0.2, 0.25) is 0 Å². The molecule has 14 heteroatoms. The average Bonchev–Trinajstić information content (AvgIpc) is 3.25. The van der Waals surface area contributed by atoms with Crippen molar-refractivity contribution in [2.45, 2.75) is 4.90 Å². The molecule has 3 aromatic rings. The van der Waals surface area contributed by atoms with Gasteiger partial charge in [0.2, 0.25) is 10.0 Å². The molecule has 0 atom stereocenters. The number of amides is 1. The molecule has 10 nitrogen and oxygen atoms in total. The van der Waals surface area contributed by atoms with E-state index in [2.05, 4.69) is 14.1 Å². The van der Waals surface area contributed by atoms with E-state index in [-0.39, 0.29) is 10.3 Å². The van der Waals surface area contributed by atoms with Gasteiger partial charge in [-0.1, -0.05) is 35.6 Å². The number of aromatic nitrogens is 1. The number of hydrogen-bond acceptors (Lipinski definition) is 9. The van der Waals surface area contributed by atoms with E-state index in [1.807, 2.05) is 0 Å². The third-order valence-electron chi connectivity index (χ3n) is 4.48. The van der Waals surface area contributed by atoms with Gasteiger partial charge in [0.1, 0.15) is 11.5 Å². The number of aliphatic hydroxyl groups excluding tert-OH is 1. The average molecular weight is 509 g/mol. The maximum Gasteiger partial charge on any atom is 0.293 e. The Hall–Kier alpha value is -2.94. The van der Waals surface area contributed by atoms with Crippen molar-refractivity contribution in [1.82, 2.24) is 4.98 Å². The monoisotopic (exact) mass is 508 g/mol. The Balaban J connectivity index is 1.49. The molecular formula is C18H12N4O6S4. The van der Waals surface area contributed by atoms with Crippen LogP contribution in [0.5, 0.6) is 0 Å². The summed E-state index contributed by atoms with van der Waals surface area (Å²) in [4.78, 5) is 17.7. The van der Waals surface area contributed by atoms with Crippen molar-refractivity contribution in [2.24, 2.45) is 4.40 Å². The van der Waals surface area contributed by atoms with Crippen molar-refractivity contribution in [2.75, 3.05) is 15.4 Å². The Bertz CT molecular complexity index is 1540. The number of benzene rings is 2. The molecule has 0 saturated carbocycles. The first kappa shape index (κ1) is 20.9. The van der Waals surface area contributed by atoms with E-state index in [1.54, 1.807) is 48.5 Å². The molecule has 0 fully saturated rings. The molecule has 2 N–H and O–H groups in total. The summed E-state index contributed by atoms with van der Waals surface area (Å²) in [5.74, 6) is -3.34. The number of anilines is 2. The first-order valence-electron chi connectivity index (χ1n) is 8.89. The number of carbonyl (C=O) groups is 1. The summed E-state index contributed by atoms with van der Waals surface area (Å²) in [5, 5.41) is 10.4. The lowest BCUT2D eigenvalue weighted by atomic mass is 10.3. The Kier molecular flexibility index (Phi) is 4.77. The second-order valence-electron chi connectivity index (χ2n) is 6.68. The van der Waals surface area contributed by atoms with E-state index in [9.17, 15) is 26.7 Å². The number of hydrogen-bond donors (Lipinski definition) is 2. The van der Waals surface area contributed by atoms with E-state index in [1.165, 1.54) is 0 Å². The summed E-state index contributed by atoms with van der Waals surface area (Å²) in [6.45, 7) is 0. The van der Waals surface area contributed by atoms with Crippen LogP contribution in [0.25, 0.3) is 10.2 Å². The summed E-state index contributed by atoms with van der Waals surface area (Å²) in [6.07, 6.45) is 0. The number of thiazole rings is 1. The van der Waals surface area contributed by atoms with E-state index in [4.69, 9.17) is 0 Å². The summed E-state index contributed by atoms with van der Waals surface area (Å²) in [7, 11) is -8.90. The predicted molar refractivity (Wildman–Crippen MR) is 123 cm³/mol. The minimum absolute atomic E-state index is 0.0482. The van der Waals surface area contributed by atoms with Crippen molar-refractivity contribution in [1.29, 1.82) is 0 Å². The number of rotatable bonds is 4. The molecule has 0 radical (unpaired) electrons. The number of sulfonamides is 2. The number of amidine groups is 1. The molecule has 2 aliphatic heterocycles. The highest BCUT2D eigenvalue weighted by atomic mass is 32.2. The fraction of sp³-hybridized carbons (Fsp3) is 0.0556. The fourth-order valence-electron chi connectivity index (χ4n) is 3.19. The van der Waals surface area contributed by atoms with Gasteiger partial charge in [0, 0.05) is 4.90 Å². The van der Waals surface area contributed by atoms with Gasteiger partial charge in [-0.25, -0.2) is 13.4 Å². The van der Waals surface area contributed by atoms with Crippen LogP contribution in [-0.4, -0.2) is 43.8 Å². The molecule has 0 spiro atoms. The normalized spacial score (nSPS) is 18.8. The van der Waals surface area contributed by atoms with Crippen LogP contribution < -0.4 is 9.62 Å². The summed E-state index contributed by atoms with van der Waals surface area (Å²) >= 11 is 2.07. The van der Waals surface area contributed by atoms with Crippen molar-refractivity contribution >= 4 is 75.3 Å². The second-order valence-corrected chi connectivity index (χ2v) is 12.0. The van der Waals surface area contributed by atoms with Crippen LogP contribution in [0, 0.1) is 0 Å². The Labute approximate surface area is 190 Å². The highest BCUT2D eigenvalue weighted by molar-refractivity contribution is 8.16.